The first-order chi connectivity index (χ1) is 12.4. The van der Waals surface area contributed by atoms with Gasteiger partial charge in [-0.1, -0.05) is 59.6 Å². The maximum absolute atomic E-state index is 12.7. The van der Waals surface area contributed by atoms with E-state index < -0.39 is 17.5 Å². The maximum Gasteiger partial charge on any atom is 0.346 e. The van der Waals surface area contributed by atoms with Crippen molar-refractivity contribution in [1.82, 2.24) is 10.3 Å². The maximum atomic E-state index is 12.7. The van der Waals surface area contributed by atoms with Crippen molar-refractivity contribution in [3.8, 4) is 0 Å². The van der Waals surface area contributed by atoms with Crippen LogP contribution in [0.4, 0.5) is 4.79 Å². The van der Waals surface area contributed by atoms with E-state index in [2.05, 4.69) is 10.4 Å². The largest absolute Gasteiger partial charge is 0.346 e. The van der Waals surface area contributed by atoms with Gasteiger partial charge in [0.2, 0.25) is 0 Å². The van der Waals surface area contributed by atoms with E-state index in [1.165, 1.54) is 6.21 Å². The van der Waals surface area contributed by atoms with Crippen LogP contribution in [-0.4, -0.2) is 28.7 Å². The van der Waals surface area contributed by atoms with Crippen molar-refractivity contribution in [1.29, 1.82) is 0 Å². The zero-order valence-corrected chi connectivity index (χ0v) is 15.6. The summed E-state index contributed by atoms with van der Waals surface area (Å²) in [7, 11) is 0. The number of rotatable bonds is 5. The van der Waals surface area contributed by atoms with Gasteiger partial charge < -0.3 is 5.32 Å². The first-order valence-corrected chi connectivity index (χ1v) is 8.85. The SMILES string of the molecule is C[C@@]1(CCc2ccccc2)NC(=O)N(N=Cc2c(Cl)cccc2Cl)C1=O. The summed E-state index contributed by atoms with van der Waals surface area (Å²) >= 11 is 12.2. The Hall–Kier alpha value is -2.37. The summed E-state index contributed by atoms with van der Waals surface area (Å²) < 4.78 is 0. The van der Waals surface area contributed by atoms with Gasteiger partial charge in [-0.15, -0.1) is 5.01 Å². The van der Waals surface area contributed by atoms with Gasteiger partial charge >= 0.3 is 6.03 Å². The van der Waals surface area contributed by atoms with Crippen molar-refractivity contribution in [3.63, 3.8) is 0 Å². The van der Waals surface area contributed by atoms with Crippen LogP contribution in [0.25, 0.3) is 0 Å². The molecule has 2 aromatic rings. The smallest absolute Gasteiger partial charge is 0.322 e. The quantitative estimate of drug-likeness (QED) is 0.612. The van der Waals surface area contributed by atoms with E-state index in [0.717, 1.165) is 10.6 Å². The molecule has 1 heterocycles. The van der Waals surface area contributed by atoms with Crippen molar-refractivity contribution in [2.75, 3.05) is 0 Å². The molecule has 0 aromatic heterocycles. The molecular weight excluding hydrogens is 373 g/mol. The molecule has 0 spiro atoms. The van der Waals surface area contributed by atoms with Crippen molar-refractivity contribution < 1.29 is 9.59 Å². The van der Waals surface area contributed by atoms with Crippen LogP contribution in [0.3, 0.4) is 0 Å². The Morgan fingerprint density at radius 3 is 2.38 bits per heavy atom. The number of benzene rings is 2. The fraction of sp³-hybridized carbons (Fsp3) is 0.211. The molecule has 3 amide bonds. The molecule has 1 atom stereocenters. The molecule has 0 aliphatic carbocycles. The number of nitrogens with one attached hydrogen (secondary N) is 1. The molecular formula is C19H17Cl2N3O2. The van der Waals surface area contributed by atoms with Crippen LogP contribution in [0, 0.1) is 0 Å². The number of carbonyl (C=O) groups is 2. The third-order valence-corrected chi connectivity index (χ3v) is 4.96. The number of urea groups is 1. The Morgan fingerprint density at radius 1 is 1.08 bits per heavy atom. The van der Waals surface area contributed by atoms with E-state index in [4.69, 9.17) is 23.2 Å². The summed E-state index contributed by atoms with van der Waals surface area (Å²) in [6.07, 6.45) is 2.46. The van der Waals surface area contributed by atoms with Crippen molar-refractivity contribution in [2.45, 2.75) is 25.3 Å². The fourth-order valence-electron chi connectivity index (χ4n) is 2.73. The van der Waals surface area contributed by atoms with Crippen LogP contribution in [0.2, 0.25) is 10.0 Å². The third kappa shape index (κ3) is 3.74. The lowest BCUT2D eigenvalue weighted by atomic mass is 9.93. The lowest BCUT2D eigenvalue weighted by Crippen LogP contribution is -2.44. The molecule has 0 bridgehead atoms. The van der Waals surface area contributed by atoms with Gasteiger partial charge in [0, 0.05) is 5.56 Å². The van der Waals surface area contributed by atoms with Crippen molar-refractivity contribution in [2.24, 2.45) is 5.10 Å². The molecule has 134 valence electrons. The van der Waals surface area contributed by atoms with E-state index in [0.29, 0.717) is 28.5 Å². The Balaban J connectivity index is 1.75. The highest BCUT2D eigenvalue weighted by Gasteiger charge is 2.47. The van der Waals surface area contributed by atoms with Crippen molar-refractivity contribution in [3.05, 3.63) is 69.7 Å². The molecule has 1 N–H and O–H groups in total. The highest BCUT2D eigenvalue weighted by Crippen LogP contribution is 2.25. The molecule has 0 saturated carbocycles. The van der Waals surface area contributed by atoms with Crippen LogP contribution in [0.1, 0.15) is 24.5 Å². The predicted octanol–water partition coefficient (Wildman–Crippen LogP) is 4.27. The van der Waals surface area contributed by atoms with Gasteiger partial charge in [0.25, 0.3) is 5.91 Å². The second-order valence-electron chi connectivity index (χ2n) is 6.24. The van der Waals surface area contributed by atoms with Gasteiger partial charge in [-0.2, -0.15) is 5.10 Å². The molecule has 1 aliphatic rings. The highest BCUT2D eigenvalue weighted by molar-refractivity contribution is 6.38. The number of carbonyl (C=O) groups excluding carboxylic acids is 2. The molecule has 5 nitrogen and oxygen atoms in total. The summed E-state index contributed by atoms with van der Waals surface area (Å²) in [5.74, 6) is -0.405. The van der Waals surface area contributed by atoms with Crippen LogP contribution in [-0.2, 0) is 11.2 Å². The van der Waals surface area contributed by atoms with E-state index in [-0.39, 0.29) is 0 Å². The summed E-state index contributed by atoms with van der Waals surface area (Å²) in [6, 6.07) is 14.2. The average molecular weight is 390 g/mol. The summed E-state index contributed by atoms with van der Waals surface area (Å²) in [6.45, 7) is 1.70. The van der Waals surface area contributed by atoms with Crippen LogP contribution >= 0.6 is 23.2 Å². The van der Waals surface area contributed by atoms with E-state index in [9.17, 15) is 9.59 Å². The van der Waals surface area contributed by atoms with Gasteiger partial charge in [0.15, 0.2) is 0 Å². The second-order valence-corrected chi connectivity index (χ2v) is 7.06. The molecule has 1 fully saturated rings. The van der Waals surface area contributed by atoms with E-state index >= 15 is 0 Å². The molecule has 1 saturated heterocycles. The summed E-state index contributed by atoms with van der Waals surface area (Å²) in [5, 5.41) is 8.33. The third-order valence-electron chi connectivity index (χ3n) is 4.30. The molecule has 1 aliphatic heterocycles. The Kier molecular flexibility index (Phi) is 5.30. The number of hydrogen-bond acceptors (Lipinski definition) is 3. The van der Waals surface area contributed by atoms with Crippen molar-refractivity contribution >= 4 is 41.4 Å². The zero-order chi connectivity index (χ0) is 18.7. The number of hydrogen-bond donors (Lipinski definition) is 1. The monoisotopic (exact) mass is 389 g/mol. The van der Waals surface area contributed by atoms with Crippen LogP contribution in [0.15, 0.2) is 53.6 Å². The van der Waals surface area contributed by atoms with Crippen LogP contribution in [0.5, 0.6) is 0 Å². The predicted molar refractivity (Wildman–Crippen MR) is 103 cm³/mol. The molecule has 7 heteroatoms. The summed E-state index contributed by atoms with van der Waals surface area (Å²) in [5.41, 5.74) is 0.545. The number of aryl methyl sites for hydroxylation is 1. The minimum absolute atomic E-state index is 0.389. The van der Waals surface area contributed by atoms with Gasteiger partial charge in [-0.05, 0) is 37.5 Å². The standard InChI is InChI=1S/C19H17Cl2N3O2/c1-19(11-10-13-6-3-2-4-7-13)17(25)24(18(26)23-19)22-12-14-15(20)8-5-9-16(14)21/h2-9,12H,10-11H2,1H3,(H,23,26)/t19-/m0/s1. The molecule has 0 radical (unpaired) electrons. The average Bonchev–Trinajstić information content (AvgIpc) is 2.84. The lowest BCUT2D eigenvalue weighted by Gasteiger charge is -2.20. The van der Waals surface area contributed by atoms with Gasteiger partial charge in [-0.25, -0.2) is 4.79 Å². The van der Waals surface area contributed by atoms with Gasteiger partial charge in [-0.3, -0.25) is 4.79 Å². The number of halogens is 2. The Morgan fingerprint density at radius 2 is 1.73 bits per heavy atom. The molecule has 0 unspecified atom stereocenters. The normalized spacial score (nSPS) is 20.0. The molecule has 26 heavy (non-hydrogen) atoms. The van der Waals surface area contributed by atoms with Crippen LogP contribution < -0.4 is 5.32 Å². The highest BCUT2D eigenvalue weighted by atomic mass is 35.5. The molecule has 2 aromatic carbocycles. The van der Waals surface area contributed by atoms with E-state index in [1.807, 2.05) is 30.3 Å². The zero-order valence-electron chi connectivity index (χ0n) is 14.1. The van der Waals surface area contributed by atoms with Gasteiger partial charge in [0.1, 0.15) is 5.54 Å². The molecule has 3 rings (SSSR count). The number of amides is 3. The minimum atomic E-state index is -1.01. The Labute approximate surface area is 161 Å². The number of imide groups is 1. The summed E-state index contributed by atoms with van der Waals surface area (Å²) in [4.78, 5) is 24.9. The number of hydrazone groups is 1. The first-order valence-electron chi connectivity index (χ1n) is 8.09. The lowest BCUT2D eigenvalue weighted by molar-refractivity contribution is -0.130. The number of nitrogens with zero attached hydrogens (tertiary/aromatic N) is 2. The van der Waals surface area contributed by atoms with Gasteiger partial charge in [0.05, 0.1) is 16.3 Å². The fourth-order valence-corrected chi connectivity index (χ4v) is 3.23. The minimum Gasteiger partial charge on any atom is -0.322 e. The first kappa shape index (κ1) is 18.4. The second kappa shape index (κ2) is 7.48. The van der Waals surface area contributed by atoms with E-state index in [1.54, 1.807) is 25.1 Å². The topological polar surface area (TPSA) is 61.8 Å². The Bertz CT molecular complexity index is 850.